The number of nitrogens with two attached hydrogens (primary N) is 1. The molecule has 0 saturated carbocycles. The highest BCUT2D eigenvalue weighted by molar-refractivity contribution is 9.10. The Kier molecular flexibility index (Phi) is 3.83. The lowest BCUT2D eigenvalue weighted by atomic mass is 10.2. The lowest BCUT2D eigenvalue weighted by Crippen LogP contribution is -2.24. The average Bonchev–Trinajstić information content (AvgIpc) is 2.40. The maximum atomic E-state index is 11.9. The summed E-state index contributed by atoms with van der Waals surface area (Å²) >= 11 is 3.25. The second-order valence-corrected chi connectivity index (χ2v) is 4.34. The number of amides is 1. The Morgan fingerprint density at radius 1 is 1.50 bits per heavy atom. The largest absolute Gasteiger partial charge is 0.384 e. The van der Waals surface area contributed by atoms with Crippen molar-refractivity contribution in [1.29, 1.82) is 0 Å². The molecule has 0 aliphatic carbocycles. The van der Waals surface area contributed by atoms with Gasteiger partial charge >= 0.3 is 0 Å². The van der Waals surface area contributed by atoms with Gasteiger partial charge in [0.25, 0.3) is 5.91 Å². The van der Waals surface area contributed by atoms with Crippen molar-refractivity contribution in [3.63, 3.8) is 0 Å². The molecule has 2 rings (SSSR count). The fraction of sp³-hybridized carbons (Fsp3) is 0.0909. The number of halogens is 1. The van der Waals surface area contributed by atoms with Gasteiger partial charge in [-0.3, -0.25) is 4.79 Å². The van der Waals surface area contributed by atoms with Crippen molar-refractivity contribution in [2.75, 3.05) is 5.73 Å². The van der Waals surface area contributed by atoms with E-state index in [2.05, 4.69) is 36.4 Å². The summed E-state index contributed by atoms with van der Waals surface area (Å²) in [5.74, 6) is 0.0458. The van der Waals surface area contributed by atoms with Crippen LogP contribution in [0.3, 0.4) is 0 Å². The van der Waals surface area contributed by atoms with Gasteiger partial charge in [0.15, 0.2) is 0 Å². The van der Waals surface area contributed by atoms with Crippen molar-refractivity contribution < 1.29 is 4.79 Å². The van der Waals surface area contributed by atoms with Crippen molar-refractivity contribution in [1.82, 2.24) is 20.5 Å². The number of nitrogens with zero attached hydrogens (tertiary/aromatic N) is 3. The molecule has 1 amide bonds. The van der Waals surface area contributed by atoms with Crippen LogP contribution in [0, 0.1) is 0 Å². The summed E-state index contributed by atoms with van der Waals surface area (Å²) in [6.07, 6.45) is 3.07. The smallest absolute Gasteiger partial charge is 0.252 e. The Labute approximate surface area is 112 Å². The number of hydrogen-bond donors (Lipinski definition) is 2. The van der Waals surface area contributed by atoms with Crippen LogP contribution in [0.2, 0.25) is 0 Å². The number of carbonyl (C=O) groups excluding carboxylic acids is 1. The third-order valence-electron chi connectivity index (χ3n) is 2.18. The number of anilines is 1. The standard InChI is InChI=1S/C11H10BrN5O/c12-9-6-14-10(13)4-8(9)11(18)15-5-7-2-1-3-16-17-7/h1-4,6H,5H2,(H2,13,14)(H,15,18). The molecule has 0 saturated heterocycles. The number of carbonyl (C=O) groups is 1. The molecule has 2 heterocycles. The molecule has 0 bridgehead atoms. The highest BCUT2D eigenvalue weighted by Crippen LogP contribution is 2.17. The highest BCUT2D eigenvalue weighted by atomic mass is 79.9. The van der Waals surface area contributed by atoms with E-state index in [1.165, 1.54) is 12.3 Å². The maximum Gasteiger partial charge on any atom is 0.252 e. The van der Waals surface area contributed by atoms with Crippen molar-refractivity contribution in [2.24, 2.45) is 0 Å². The van der Waals surface area contributed by atoms with Gasteiger partial charge in [0.2, 0.25) is 0 Å². The number of pyridine rings is 1. The minimum absolute atomic E-state index is 0.248. The van der Waals surface area contributed by atoms with Crippen LogP contribution in [0.25, 0.3) is 0 Å². The Balaban J connectivity index is 2.06. The molecular weight excluding hydrogens is 298 g/mol. The van der Waals surface area contributed by atoms with Gasteiger partial charge < -0.3 is 11.1 Å². The van der Waals surface area contributed by atoms with Gasteiger partial charge in [0.1, 0.15) is 5.82 Å². The fourth-order valence-corrected chi connectivity index (χ4v) is 1.72. The molecule has 0 aromatic carbocycles. The Morgan fingerprint density at radius 2 is 2.33 bits per heavy atom. The lowest BCUT2D eigenvalue weighted by Gasteiger charge is -2.06. The number of nitrogens with one attached hydrogen (secondary N) is 1. The fourth-order valence-electron chi connectivity index (χ4n) is 1.32. The summed E-state index contributed by atoms with van der Waals surface area (Å²) in [5, 5.41) is 10.3. The minimum atomic E-state index is -0.248. The molecule has 3 N–H and O–H groups in total. The molecule has 18 heavy (non-hydrogen) atoms. The van der Waals surface area contributed by atoms with E-state index < -0.39 is 0 Å². The molecule has 6 nitrogen and oxygen atoms in total. The third-order valence-corrected chi connectivity index (χ3v) is 2.81. The topological polar surface area (TPSA) is 93.8 Å². The number of aromatic nitrogens is 3. The highest BCUT2D eigenvalue weighted by Gasteiger charge is 2.10. The number of hydrogen-bond acceptors (Lipinski definition) is 5. The summed E-state index contributed by atoms with van der Waals surface area (Å²) in [4.78, 5) is 15.8. The summed E-state index contributed by atoms with van der Waals surface area (Å²) in [5.41, 5.74) is 6.66. The van der Waals surface area contributed by atoms with E-state index in [-0.39, 0.29) is 5.91 Å². The summed E-state index contributed by atoms with van der Waals surface area (Å²) in [7, 11) is 0. The monoisotopic (exact) mass is 307 g/mol. The summed E-state index contributed by atoms with van der Waals surface area (Å²) in [6.45, 7) is 0.307. The first-order valence-corrected chi connectivity index (χ1v) is 5.92. The summed E-state index contributed by atoms with van der Waals surface area (Å²) < 4.78 is 0.591. The predicted octanol–water partition coefficient (Wildman–Crippen LogP) is 1.15. The first-order chi connectivity index (χ1) is 8.66. The first-order valence-electron chi connectivity index (χ1n) is 5.12. The average molecular weight is 308 g/mol. The molecule has 2 aromatic rings. The van der Waals surface area contributed by atoms with E-state index in [4.69, 9.17) is 5.73 Å². The Hall–Kier alpha value is -2.02. The molecule has 0 aliphatic heterocycles. The van der Waals surface area contributed by atoms with Crippen LogP contribution in [0.1, 0.15) is 16.1 Å². The van der Waals surface area contributed by atoms with Gasteiger partial charge in [-0.15, -0.1) is 0 Å². The van der Waals surface area contributed by atoms with Crippen molar-refractivity contribution in [2.45, 2.75) is 6.54 Å². The summed E-state index contributed by atoms with van der Waals surface area (Å²) in [6, 6.07) is 5.05. The molecule has 0 aliphatic rings. The van der Waals surface area contributed by atoms with Gasteiger partial charge in [-0.2, -0.15) is 10.2 Å². The molecule has 0 fully saturated rings. The lowest BCUT2D eigenvalue weighted by molar-refractivity contribution is 0.0949. The second kappa shape index (κ2) is 5.54. The van der Waals surface area contributed by atoms with E-state index in [1.54, 1.807) is 18.3 Å². The molecule has 0 radical (unpaired) electrons. The molecule has 0 unspecified atom stereocenters. The quantitative estimate of drug-likeness (QED) is 0.887. The number of rotatable bonds is 3. The van der Waals surface area contributed by atoms with Crippen LogP contribution in [0.5, 0.6) is 0 Å². The molecule has 2 aromatic heterocycles. The van der Waals surface area contributed by atoms with Gasteiger partial charge in [-0.25, -0.2) is 4.98 Å². The van der Waals surface area contributed by atoms with E-state index >= 15 is 0 Å². The first kappa shape index (κ1) is 12.4. The molecular formula is C11H10BrN5O. The second-order valence-electron chi connectivity index (χ2n) is 3.49. The number of nitrogen functional groups attached to an aromatic ring is 1. The van der Waals surface area contributed by atoms with Crippen LogP contribution in [0.4, 0.5) is 5.82 Å². The predicted molar refractivity (Wildman–Crippen MR) is 69.6 cm³/mol. The van der Waals surface area contributed by atoms with Gasteiger partial charge in [0, 0.05) is 16.9 Å². The Morgan fingerprint density at radius 3 is 3.06 bits per heavy atom. The van der Waals surface area contributed by atoms with Crippen molar-refractivity contribution in [3.05, 3.63) is 46.3 Å². The van der Waals surface area contributed by atoms with Gasteiger partial charge in [0.05, 0.1) is 17.8 Å². The zero-order chi connectivity index (χ0) is 13.0. The van der Waals surface area contributed by atoms with Crippen molar-refractivity contribution >= 4 is 27.7 Å². The van der Waals surface area contributed by atoms with Crippen LogP contribution in [-0.2, 0) is 6.54 Å². The van der Waals surface area contributed by atoms with E-state index in [0.717, 1.165) is 0 Å². The molecule has 7 heteroatoms. The van der Waals surface area contributed by atoms with E-state index in [1.807, 2.05) is 0 Å². The molecule has 0 atom stereocenters. The van der Waals surface area contributed by atoms with Crippen LogP contribution in [-0.4, -0.2) is 21.1 Å². The minimum Gasteiger partial charge on any atom is -0.384 e. The van der Waals surface area contributed by atoms with E-state index in [9.17, 15) is 4.79 Å². The Bertz CT molecular complexity index is 561. The third kappa shape index (κ3) is 3.01. The molecule has 92 valence electrons. The zero-order valence-corrected chi connectivity index (χ0v) is 10.9. The van der Waals surface area contributed by atoms with Crippen LogP contribution in [0.15, 0.2) is 35.1 Å². The zero-order valence-electron chi connectivity index (χ0n) is 9.30. The van der Waals surface area contributed by atoms with Crippen LogP contribution < -0.4 is 11.1 Å². The SMILES string of the molecule is Nc1cc(C(=O)NCc2cccnn2)c(Br)cn1. The van der Waals surface area contributed by atoms with Crippen molar-refractivity contribution in [3.8, 4) is 0 Å². The van der Waals surface area contributed by atoms with Gasteiger partial charge in [-0.1, -0.05) is 0 Å². The maximum absolute atomic E-state index is 11.9. The van der Waals surface area contributed by atoms with Gasteiger partial charge in [-0.05, 0) is 34.1 Å². The van der Waals surface area contributed by atoms with E-state index in [0.29, 0.717) is 28.1 Å². The van der Waals surface area contributed by atoms with Crippen LogP contribution >= 0.6 is 15.9 Å². The normalized spacial score (nSPS) is 10.1. The molecule has 0 spiro atoms.